The normalized spacial score (nSPS) is 15.1. The first-order chi connectivity index (χ1) is 17.0. The number of carboxylic acid groups (broad SMARTS) is 1. The van der Waals surface area contributed by atoms with Gasteiger partial charge in [-0.3, -0.25) is 19.5 Å². The van der Waals surface area contributed by atoms with E-state index in [4.69, 9.17) is 0 Å². The van der Waals surface area contributed by atoms with Gasteiger partial charge in [0, 0.05) is 37.1 Å². The summed E-state index contributed by atoms with van der Waals surface area (Å²) < 4.78 is 0. The van der Waals surface area contributed by atoms with Gasteiger partial charge in [-0.1, -0.05) is 36.4 Å². The smallest absolute Gasteiger partial charge is 0.305 e. The van der Waals surface area contributed by atoms with Crippen LogP contribution in [0.2, 0.25) is 0 Å². The summed E-state index contributed by atoms with van der Waals surface area (Å²) in [5.41, 5.74) is 4.10. The lowest BCUT2D eigenvalue weighted by molar-refractivity contribution is -0.141. The molecule has 2 amide bonds. The Labute approximate surface area is 203 Å². The van der Waals surface area contributed by atoms with Gasteiger partial charge in [-0.15, -0.1) is 0 Å². The third-order valence-electron chi connectivity index (χ3n) is 6.05. The standard InChI is InChI=1S/C26H29N5O4/c32-24(33)14-23-26(35)31(12-10-18-5-2-1-3-6-18)17-21-9-8-20(13-22(21)30-23)25(34)27-11-4-7-19-15-28-29-16-19/h1-3,5-6,8-9,13,15-16,23,30H,4,7,10-12,14,17H2,(H,27,34)(H,28,29)(H,32,33)/t23-/m1/s1. The molecular formula is C26H29N5O4. The van der Waals surface area contributed by atoms with Crippen molar-refractivity contribution in [2.75, 3.05) is 18.4 Å². The van der Waals surface area contributed by atoms with Crippen LogP contribution in [0, 0.1) is 0 Å². The van der Waals surface area contributed by atoms with Crippen molar-refractivity contribution in [1.29, 1.82) is 0 Å². The molecule has 0 saturated heterocycles. The Morgan fingerprint density at radius 2 is 1.94 bits per heavy atom. The summed E-state index contributed by atoms with van der Waals surface area (Å²) in [6.45, 7) is 1.33. The van der Waals surface area contributed by atoms with Crippen molar-refractivity contribution in [3.05, 3.63) is 83.2 Å². The highest BCUT2D eigenvalue weighted by molar-refractivity contribution is 5.96. The predicted octanol–water partition coefficient (Wildman–Crippen LogP) is 2.61. The lowest BCUT2D eigenvalue weighted by atomic mass is 10.1. The summed E-state index contributed by atoms with van der Waals surface area (Å²) >= 11 is 0. The van der Waals surface area contributed by atoms with E-state index in [9.17, 15) is 19.5 Å². The number of aromatic nitrogens is 2. The van der Waals surface area contributed by atoms with Crippen LogP contribution in [0.4, 0.5) is 5.69 Å². The first-order valence-electron chi connectivity index (χ1n) is 11.7. The number of carbonyl (C=O) groups excluding carboxylic acids is 2. The van der Waals surface area contributed by atoms with E-state index in [2.05, 4.69) is 20.8 Å². The number of benzene rings is 2. The highest BCUT2D eigenvalue weighted by Crippen LogP contribution is 2.26. The molecule has 0 fully saturated rings. The lowest BCUT2D eigenvalue weighted by Gasteiger charge is -2.24. The van der Waals surface area contributed by atoms with Gasteiger partial charge in [0.15, 0.2) is 0 Å². The van der Waals surface area contributed by atoms with Crippen LogP contribution in [-0.2, 0) is 29.0 Å². The largest absolute Gasteiger partial charge is 0.481 e. The van der Waals surface area contributed by atoms with Gasteiger partial charge in [0.2, 0.25) is 5.91 Å². The minimum Gasteiger partial charge on any atom is -0.481 e. The molecule has 9 nitrogen and oxygen atoms in total. The third-order valence-corrected chi connectivity index (χ3v) is 6.05. The number of nitrogens with zero attached hydrogens (tertiary/aromatic N) is 2. The number of nitrogens with one attached hydrogen (secondary N) is 3. The van der Waals surface area contributed by atoms with E-state index >= 15 is 0 Å². The zero-order valence-electron chi connectivity index (χ0n) is 19.4. The Kier molecular flexibility index (Phi) is 7.77. The van der Waals surface area contributed by atoms with E-state index in [-0.39, 0.29) is 18.2 Å². The maximum absolute atomic E-state index is 13.2. The van der Waals surface area contributed by atoms with E-state index in [1.807, 2.05) is 42.6 Å². The number of hydrogen-bond donors (Lipinski definition) is 4. The average Bonchev–Trinajstić information content (AvgIpc) is 3.34. The summed E-state index contributed by atoms with van der Waals surface area (Å²) in [4.78, 5) is 39.0. The van der Waals surface area contributed by atoms with Crippen LogP contribution in [-0.4, -0.2) is 57.1 Å². The van der Waals surface area contributed by atoms with Crippen molar-refractivity contribution in [2.24, 2.45) is 0 Å². The molecule has 35 heavy (non-hydrogen) atoms. The fourth-order valence-electron chi connectivity index (χ4n) is 4.17. The number of hydrogen-bond acceptors (Lipinski definition) is 5. The molecule has 1 aliphatic rings. The number of amides is 2. The monoisotopic (exact) mass is 475 g/mol. The Hall–Kier alpha value is -4.14. The van der Waals surface area contributed by atoms with E-state index in [1.54, 1.807) is 23.2 Å². The SMILES string of the molecule is O=C(O)C[C@H]1Nc2cc(C(=O)NCCCc3cn[nH]c3)ccc2CN(CCc2ccccc2)C1=O. The van der Waals surface area contributed by atoms with Gasteiger partial charge in [-0.05, 0) is 48.1 Å². The Balaban J connectivity index is 1.44. The minimum atomic E-state index is -1.06. The van der Waals surface area contributed by atoms with Crippen LogP contribution < -0.4 is 10.6 Å². The maximum atomic E-state index is 13.2. The van der Waals surface area contributed by atoms with Crippen molar-refractivity contribution < 1.29 is 19.5 Å². The Bertz CT molecular complexity index is 1160. The number of carboxylic acids is 1. The second kappa shape index (κ2) is 11.3. The summed E-state index contributed by atoms with van der Waals surface area (Å²) in [7, 11) is 0. The first kappa shape index (κ1) is 24.0. The van der Waals surface area contributed by atoms with Crippen LogP contribution in [0.3, 0.4) is 0 Å². The molecule has 4 N–H and O–H groups in total. The highest BCUT2D eigenvalue weighted by Gasteiger charge is 2.31. The molecule has 9 heteroatoms. The van der Waals surface area contributed by atoms with Crippen LogP contribution in [0.25, 0.3) is 0 Å². The van der Waals surface area contributed by atoms with Crippen molar-refractivity contribution in [3.63, 3.8) is 0 Å². The van der Waals surface area contributed by atoms with Crippen molar-refractivity contribution >= 4 is 23.5 Å². The summed E-state index contributed by atoms with van der Waals surface area (Å²) in [6.07, 6.45) is 5.50. The van der Waals surface area contributed by atoms with Crippen LogP contribution in [0.1, 0.15) is 39.9 Å². The molecule has 1 aromatic heterocycles. The quantitative estimate of drug-likeness (QED) is 0.334. The number of fused-ring (bicyclic) bond motifs is 1. The number of aryl methyl sites for hydroxylation is 1. The maximum Gasteiger partial charge on any atom is 0.305 e. The number of rotatable bonds is 10. The van der Waals surface area contributed by atoms with Crippen LogP contribution >= 0.6 is 0 Å². The number of anilines is 1. The number of H-pyrrole nitrogens is 1. The van der Waals surface area contributed by atoms with Gasteiger partial charge < -0.3 is 20.6 Å². The van der Waals surface area contributed by atoms with Crippen molar-refractivity contribution in [3.8, 4) is 0 Å². The third kappa shape index (κ3) is 6.47. The van der Waals surface area contributed by atoms with E-state index in [1.165, 1.54) is 0 Å². The van der Waals surface area contributed by atoms with Gasteiger partial charge in [0.1, 0.15) is 6.04 Å². The van der Waals surface area contributed by atoms with E-state index in [0.717, 1.165) is 29.5 Å². The Morgan fingerprint density at radius 3 is 2.69 bits per heavy atom. The van der Waals surface area contributed by atoms with Crippen LogP contribution in [0.5, 0.6) is 0 Å². The fourth-order valence-corrected chi connectivity index (χ4v) is 4.17. The van der Waals surface area contributed by atoms with Gasteiger partial charge in [0.25, 0.3) is 5.91 Å². The van der Waals surface area contributed by atoms with Gasteiger partial charge in [-0.25, -0.2) is 0 Å². The molecule has 2 aromatic carbocycles. The zero-order chi connectivity index (χ0) is 24.6. The summed E-state index contributed by atoms with van der Waals surface area (Å²) in [6, 6.07) is 14.2. The molecule has 0 aliphatic carbocycles. The van der Waals surface area contributed by atoms with Crippen molar-refractivity contribution in [1.82, 2.24) is 20.4 Å². The lowest BCUT2D eigenvalue weighted by Crippen LogP contribution is -2.42. The minimum absolute atomic E-state index is 0.215. The number of aliphatic carboxylic acids is 1. The summed E-state index contributed by atoms with van der Waals surface area (Å²) in [5.74, 6) is -1.54. The van der Waals surface area contributed by atoms with Gasteiger partial charge in [0.05, 0.1) is 12.6 Å². The molecule has 182 valence electrons. The average molecular weight is 476 g/mol. The highest BCUT2D eigenvalue weighted by atomic mass is 16.4. The molecule has 3 aromatic rings. The van der Waals surface area contributed by atoms with Gasteiger partial charge in [-0.2, -0.15) is 5.10 Å². The second-order valence-corrected chi connectivity index (χ2v) is 8.63. The molecule has 2 heterocycles. The predicted molar refractivity (Wildman–Crippen MR) is 131 cm³/mol. The first-order valence-corrected chi connectivity index (χ1v) is 11.7. The fraction of sp³-hybridized carbons (Fsp3) is 0.308. The number of aromatic amines is 1. The van der Waals surface area contributed by atoms with E-state index in [0.29, 0.717) is 37.3 Å². The van der Waals surface area contributed by atoms with Gasteiger partial charge >= 0.3 is 5.97 Å². The molecule has 0 saturated carbocycles. The molecule has 0 spiro atoms. The van der Waals surface area contributed by atoms with Crippen molar-refractivity contribution in [2.45, 2.75) is 38.3 Å². The zero-order valence-corrected chi connectivity index (χ0v) is 19.4. The molecule has 0 unspecified atom stereocenters. The topological polar surface area (TPSA) is 127 Å². The van der Waals surface area contributed by atoms with E-state index < -0.39 is 12.0 Å². The molecule has 1 atom stereocenters. The summed E-state index contributed by atoms with van der Waals surface area (Å²) in [5, 5.41) is 22.0. The molecule has 1 aliphatic heterocycles. The molecule has 0 radical (unpaired) electrons. The molecular weight excluding hydrogens is 446 g/mol. The number of carbonyl (C=O) groups is 3. The second-order valence-electron chi connectivity index (χ2n) is 8.63. The van der Waals surface area contributed by atoms with Crippen LogP contribution in [0.15, 0.2) is 60.9 Å². The Morgan fingerprint density at radius 1 is 1.11 bits per heavy atom. The molecule has 4 rings (SSSR count). The molecule has 0 bridgehead atoms.